The van der Waals surface area contributed by atoms with Crippen molar-refractivity contribution in [1.29, 1.82) is 0 Å². The predicted molar refractivity (Wildman–Crippen MR) is 126 cm³/mol. The zero-order chi connectivity index (χ0) is 19.5. The van der Waals surface area contributed by atoms with Crippen LogP contribution in [0.4, 0.5) is 11.4 Å². The Bertz CT molecular complexity index is 1350. The molecule has 1 aliphatic heterocycles. The van der Waals surface area contributed by atoms with Crippen LogP contribution in [-0.2, 0) is 0 Å². The average molecular weight is 372 g/mol. The van der Waals surface area contributed by atoms with Crippen LogP contribution in [0, 0.1) is 6.92 Å². The summed E-state index contributed by atoms with van der Waals surface area (Å²) in [6.45, 7) is 2.37. The van der Waals surface area contributed by atoms with Crippen molar-refractivity contribution in [3.8, 4) is 0 Å². The fourth-order valence-corrected chi connectivity index (χ4v) is 5.12. The van der Waals surface area contributed by atoms with E-state index in [1.165, 1.54) is 49.7 Å². The summed E-state index contributed by atoms with van der Waals surface area (Å²) in [5.41, 5.74) is 9.17. The van der Waals surface area contributed by atoms with Gasteiger partial charge in [-0.2, -0.15) is 0 Å². The molecule has 0 saturated heterocycles. The van der Waals surface area contributed by atoms with Gasteiger partial charge in [-0.15, -0.1) is 0 Å². The zero-order valence-electron chi connectivity index (χ0n) is 16.6. The number of nitrogens with zero attached hydrogens (tertiary/aromatic N) is 2. The summed E-state index contributed by atoms with van der Waals surface area (Å²) in [5.74, 6) is 0. The van der Waals surface area contributed by atoms with Gasteiger partial charge in [0.25, 0.3) is 0 Å². The first-order chi connectivity index (χ1) is 14.3. The molecule has 0 amide bonds. The summed E-state index contributed by atoms with van der Waals surface area (Å²) < 4.78 is 2.56. The normalized spacial score (nSPS) is 13.0. The van der Waals surface area contributed by atoms with Crippen molar-refractivity contribution >= 4 is 51.0 Å². The van der Waals surface area contributed by atoms with E-state index in [1.807, 2.05) is 0 Å². The SMILES string of the molecule is Cc1cccc2c3ccccc3n(B3c4ccccc4N(C)c4ccccc43)c12. The molecule has 0 aliphatic carbocycles. The second kappa shape index (κ2) is 6.02. The maximum Gasteiger partial charge on any atom is 0.332 e. The Labute approximate surface area is 171 Å². The van der Waals surface area contributed by atoms with Gasteiger partial charge in [0, 0.05) is 40.2 Å². The summed E-state index contributed by atoms with van der Waals surface area (Å²) in [5, 5.41) is 2.65. The number of benzene rings is 4. The molecular weight excluding hydrogens is 351 g/mol. The highest BCUT2D eigenvalue weighted by molar-refractivity contribution is 6.88. The molecule has 0 spiro atoms. The molecule has 2 heterocycles. The van der Waals surface area contributed by atoms with Gasteiger partial charge in [-0.3, -0.25) is 0 Å². The van der Waals surface area contributed by atoms with E-state index in [-0.39, 0.29) is 6.85 Å². The molecule has 5 aromatic rings. The van der Waals surface area contributed by atoms with Crippen molar-refractivity contribution in [3.05, 3.63) is 96.6 Å². The minimum absolute atomic E-state index is 0.141. The van der Waals surface area contributed by atoms with E-state index in [0.29, 0.717) is 0 Å². The molecule has 0 bridgehead atoms. The molecule has 0 N–H and O–H groups in total. The number of rotatable bonds is 1. The van der Waals surface area contributed by atoms with Crippen molar-refractivity contribution in [2.75, 3.05) is 11.9 Å². The topological polar surface area (TPSA) is 8.17 Å². The van der Waals surface area contributed by atoms with E-state index >= 15 is 0 Å². The van der Waals surface area contributed by atoms with Crippen LogP contribution in [0.5, 0.6) is 0 Å². The van der Waals surface area contributed by atoms with Crippen molar-refractivity contribution in [2.45, 2.75) is 6.92 Å². The van der Waals surface area contributed by atoms with Gasteiger partial charge in [0.15, 0.2) is 0 Å². The summed E-state index contributed by atoms with van der Waals surface area (Å²) in [6, 6.07) is 33.1. The van der Waals surface area contributed by atoms with Gasteiger partial charge in [-0.25, -0.2) is 0 Å². The number of aromatic nitrogens is 1. The number of hydrogen-bond acceptors (Lipinski definition) is 1. The Hall–Kier alpha value is -3.46. The zero-order valence-corrected chi connectivity index (χ0v) is 16.6. The van der Waals surface area contributed by atoms with Gasteiger partial charge in [0.05, 0.1) is 0 Å². The lowest BCUT2D eigenvalue weighted by Gasteiger charge is -2.35. The molecule has 0 atom stereocenters. The minimum Gasteiger partial charge on any atom is -0.376 e. The second-order valence-corrected chi connectivity index (χ2v) is 7.94. The lowest BCUT2D eigenvalue weighted by molar-refractivity contribution is 1.20. The van der Waals surface area contributed by atoms with Crippen LogP contribution in [-0.4, -0.2) is 18.4 Å². The standard InChI is InChI=1S/C26H21BN2/c1-18-10-9-12-20-19-11-3-6-15-23(19)29(26(18)20)27-21-13-4-7-16-24(21)28(2)25-17-8-5-14-22(25)27/h3-17H,1-2H3. The molecule has 0 unspecified atom stereocenters. The Morgan fingerprint density at radius 1 is 0.621 bits per heavy atom. The molecule has 29 heavy (non-hydrogen) atoms. The van der Waals surface area contributed by atoms with Crippen molar-refractivity contribution in [1.82, 2.24) is 4.48 Å². The third kappa shape index (κ3) is 2.19. The first-order valence-electron chi connectivity index (χ1n) is 10.2. The quantitative estimate of drug-likeness (QED) is 0.383. The third-order valence-electron chi connectivity index (χ3n) is 6.38. The maximum absolute atomic E-state index is 2.56. The van der Waals surface area contributed by atoms with Crippen LogP contribution >= 0.6 is 0 Å². The highest BCUT2D eigenvalue weighted by atomic mass is 15.1. The van der Waals surface area contributed by atoms with E-state index < -0.39 is 0 Å². The molecule has 1 aliphatic rings. The molecule has 0 fully saturated rings. The highest BCUT2D eigenvalue weighted by Crippen LogP contribution is 2.34. The van der Waals surface area contributed by atoms with Crippen LogP contribution in [0.1, 0.15) is 5.56 Å². The second-order valence-electron chi connectivity index (χ2n) is 7.94. The van der Waals surface area contributed by atoms with Crippen LogP contribution in [0.25, 0.3) is 21.8 Å². The number of aryl methyl sites for hydroxylation is 1. The first-order valence-corrected chi connectivity index (χ1v) is 10.2. The molecule has 0 radical (unpaired) electrons. The van der Waals surface area contributed by atoms with Crippen LogP contribution in [0.3, 0.4) is 0 Å². The monoisotopic (exact) mass is 372 g/mol. The van der Waals surface area contributed by atoms with Crippen molar-refractivity contribution in [2.24, 2.45) is 0 Å². The van der Waals surface area contributed by atoms with Crippen LogP contribution in [0.15, 0.2) is 91.0 Å². The van der Waals surface area contributed by atoms with E-state index in [9.17, 15) is 0 Å². The van der Waals surface area contributed by atoms with Gasteiger partial charge < -0.3 is 9.38 Å². The van der Waals surface area contributed by atoms with E-state index in [0.717, 1.165) is 0 Å². The predicted octanol–water partition coefficient (Wildman–Crippen LogP) is 4.84. The van der Waals surface area contributed by atoms with E-state index in [2.05, 4.69) is 114 Å². The summed E-state index contributed by atoms with van der Waals surface area (Å²) >= 11 is 0. The summed E-state index contributed by atoms with van der Waals surface area (Å²) in [6.07, 6.45) is 0. The van der Waals surface area contributed by atoms with Gasteiger partial charge >= 0.3 is 6.85 Å². The molecule has 1 aromatic heterocycles. The van der Waals surface area contributed by atoms with Crippen LogP contribution < -0.4 is 15.8 Å². The summed E-state index contributed by atoms with van der Waals surface area (Å²) in [7, 11) is 2.17. The molecule has 3 heteroatoms. The summed E-state index contributed by atoms with van der Waals surface area (Å²) in [4.78, 5) is 2.32. The molecular formula is C26H21BN2. The molecule has 4 aromatic carbocycles. The molecule has 6 rings (SSSR count). The fraction of sp³-hybridized carbons (Fsp3) is 0.0769. The van der Waals surface area contributed by atoms with Gasteiger partial charge in [0.2, 0.25) is 0 Å². The smallest absolute Gasteiger partial charge is 0.332 e. The molecule has 138 valence electrons. The Morgan fingerprint density at radius 2 is 1.21 bits per heavy atom. The highest BCUT2D eigenvalue weighted by Gasteiger charge is 2.35. The van der Waals surface area contributed by atoms with Gasteiger partial charge in [0.1, 0.15) is 0 Å². The van der Waals surface area contributed by atoms with Crippen molar-refractivity contribution in [3.63, 3.8) is 0 Å². The molecule has 0 saturated carbocycles. The number of para-hydroxylation sites is 4. The van der Waals surface area contributed by atoms with Gasteiger partial charge in [-0.05, 0) is 41.6 Å². The third-order valence-corrected chi connectivity index (χ3v) is 6.38. The minimum atomic E-state index is 0.141. The first kappa shape index (κ1) is 16.5. The number of hydrogen-bond donors (Lipinski definition) is 0. The number of fused-ring (bicyclic) bond motifs is 5. The Kier molecular flexibility index (Phi) is 3.42. The maximum atomic E-state index is 2.56. The lowest BCUT2D eigenvalue weighted by atomic mass is 9.47. The largest absolute Gasteiger partial charge is 0.376 e. The molecule has 2 nitrogen and oxygen atoms in total. The van der Waals surface area contributed by atoms with Crippen molar-refractivity contribution < 1.29 is 0 Å². The van der Waals surface area contributed by atoms with E-state index in [4.69, 9.17) is 0 Å². The van der Waals surface area contributed by atoms with E-state index in [1.54, 1.807) is 0 Å². The lowest BCUT2D eigenvalue weighted by Crippen LogP contribution is -2.54. The number of anilines is 2. The van der Waals surface area contributed by atoms with Gasteiger partial charge in [-0.1, -0.05) is 72.8 Å². The Balaban J connectivity index is 1.80. The Morgan fingerprint density at radius 3 is 1.93 bits per heavy atom. The van der Waals surface area contributed by atoms with Crippen LogP contribution in [0.2, 0.25) is 0 Å². The average Bonchev–Trinajstić information content (AvgIpc) is 3.10. The fourth-order valence-electron chi connectivity index (χ4n) is 5.12.